The van der Waals surface area contributed by atoms with Crippen LogP contribution in [0.3, 0.4) is 0 Å². The van der Waals surface area contributed by atoms with Gasteiger partial charge >= 0.3 is 0 Å². The van der Waals surface area contributed by atoms with E-state index in [-0.39, 0.29) is 5.78 Å². The maximum atomic E-state index is 11.7. The molecule has 0 atom stereocenters. The number of fused-ring (bicyclic) bond motifs is 1. The molecular formula is C16H15NO. The predicted octanol–water partition coefficient (Wildman–Crippen LogP) is 3.76. The van der Waals surface area contributed by atoms with Gasteiger partial charge in [-0.15, -0.1) is 0 Å². The van der Waals surface area contributed by atoms with Gasteiger partial charge in [0.15, 0.2) is 5.78 Å². The highest BCUT2D eigenvalue weighted by Gasteiger charge is 2.12. The van der Waals surface area contributed by atoms with Crippen molar-refractivity contribution in [2.24, 2.45) is 0 Å². The normalized spacial score (nSPS) is 16.4. The standard InChI is InChI=1S/C16H15NO/c18-14-7-3-1-5-12(9-14)16-11-17-10-13-6-2-4-8-15(13)16/h2,4,6,8-11H,1,3,5,7H2. The lowest BCUT2D eigenvalue weighted by molar-refractivity contribution is -0.114. The lowest BCUT2D eigenvalue weighted by Crippen LogP contribution is -1.92. The van der Waals surface area contributed by atoms with E-state index < -0.39 is 0 Å². The number of carbonyl (C=O) groups excluding carboxylic acids is 1. The molecule has 1 aliphatic carbocycles. The maximum Gasteiger partial charge on any atom is 0.155 e. The highest BCUT2D eigenvalue weighted by molar-refractivity contribution is 6.01. The summed E-state index contributed by atoms with van der Waals surface area (Å²) in [5.41, 5.74) is 2.25. The lowest BCUT2D eigenvalue weighted by atomic mass is 9.98. The van der Waals surface area contributed by atoms with E-state index in [2.05, 4.69) is 17.1 Å². The first-order chi connectivity index (χ1) is 8.84. The summed E-state index contributed by atoms with van der Waals surface area (Å²) in [5.74, 6) is 0.246. The summed E-state index contributed by atoms with van der Waals surface area (Å²) in [6.45, 7) is 0. The van der Waals surface area contributed by atoms with Gasteiger partial charge in [-0.3, -0.25) is 9.78 Å². The van der Waals surface area contributed by atoms with Crippen molar-refractivity contribution in [3.05, 3.63) is 48.3 Å². The zero-order valence-corrected chi connectivity index (χ0v) is 10.2. The zero-order valence-electron chi connectivity index (χ0n) is 10.2. The van der Waals surface area contributed by atoms with Crippen LogP contribution in [0.4, 0.5) is 0 Å². The number of ketones is 1. The molecule has 1 aromatic heterocycles. The van der Waals surface area contributed by atoms with E-state index in [4.69, 9.17) is 0 Å². The minimum absolute atomic E-state index is 0.246. The minimum Gasteiger partial charge on any atom is -0.295 e. The van der Waals surface area contributed by atoms with Crippen molar-refractivity contribution in [2.75, 3.05) is 0 Å². The smallest absolute Gasteiger partial charge is 0.155 e. The Morgan fingerprint density at radius 1 is 1.00 bits per heavy atom. The molecule has 2 aromatic rings. The summed E-state index contributed by atoms with van der Waals surface area (Å²) in [7, 11) is 0. The van der Waals surface area contributed by atoms with E-state index in [0.29, 0.717) is 6.42 Å². The fourth-order valence-corrected chi connectivity index (χ4v) is 2.54. The second-order valence-electron chi connectivity index (χ2n) is 4.75. The third-order valence-electron chi connectivity index (χ3n) is 3.47. The number of benzene rings is 1. The largest absolute Gasteiger partial charge is 0.295 e. The van der Waals surface area contributed by atoms with E-state index in [1.165, 1.54) is 5.39 Å². The molecule has 1 aliphatic rings. The number of hydrogen-bond acceptors (Lipinski definition) is 2. The summed E-state index contributed by atoms with van der Waals surface area (Å²) in [6.07, 6.45) is 9.31. The van der Waals surface area contributed by atoms with Crippen LogP contribution < -0.4 is 0 Å². The molecule has 2 nitrogen and oxygen atoms in total. The van der Waals surface area contributed by atoms with Crippen LogP contribution in [0.25, 0.3) is 16.3 Å². The maximum absolute atomic E-state index is 11.7. The molecule has 1 aromatic carbocycles. The van der Waals surface area contributed by atoms with Crippen LogP contribution in [0.5, 0.6) is 0 Å². The molecule has 90 valence electrons. The fraction of sp³-hybridized carbons (Fsp3) is 0.250. The van der Waals surface area contributed by atoms with Crippen LogP contribution in [-0.4, -0.2) is 10.8 Å². The Balaban J connectivity index is 2.16. The second-order valence-corrected chi connectivity index (χ2v) is 4.75. The van der Waals surface area contributed by atoms with Gasteiger partial charge in [-0.2, -0.15) is 0 Å². The lowest BCUT2D eigenvalue weighted by Gasteiger charge is -2.08. The quantitative estimate of drug-likeness (QED) is 0.755. The number of pyridine rings is 1. The van der Waals surface area contributed by atoms with Crippen molar-refractivity contribution >= 4 is 22.1 Å². The summed E-state index contributed by atoms with van der Waals surface area (Å²) < 4.78 is 0. The van der Waals surface area contributed by atoms with E-state index in [1.54, 1.807) is 0 Å². The van der Waals surface area contributed by atoms with E-state index in [9.17, 15) is 4.79 Å². The molecule has 0 saturated heterocycles. The van der Waals surface area contributed by atoms with Crippen LogP contribution in [0.2, 0.25) is 0 Å². The van der Waals surface area contributed by atoms with Crippen LogP contribution in [0.15, 0.2) is 42.7 Å². The van der Waals surface area contributed by atoms with Gasteiger partial charge in [0.05, 0.1) is 0 Å². The van der Waals surface area contributed by atoms with Crippen LogP contribution in [0.1, 0.15) is 31.2 Å². The van der Waals surface area contributed by atoms with Crippen molar-refractivity contribution in [1.29, 1.82) is 0 Å². The second kappa shape index (κ2) is 4.73. The molecule has 0 radical (unpaired) electrons. The van der Waals surface area contributed by atoms with Crippen molar-refractivity contribution < 1.29 is 4.79 Å². The van der Waals surface area contributed by atoms with Gasteiger partial charge in [-0.25, -0.2) is 0 Å². The number of allylic oxidation sites excluding steroid dienone is 2. The van der Waals surface area contributed by atoms with Crippen LogP contribution in [0, 0.1) is 0 Å². The van der Waals surface area contributed by atoms with Gasteiger partial charge in [0.1, 0.15) is 0 Å². The predicted molar refractivity (Wildman–Crippen MR) is 73.2 cm³/mol. The van der Waals surface area contributed by atoms with Crippen molar-refractivity contribution in [3.8, 4) is 0 Å². The third-order valence-corrected chi connectivity index (χ3v) is 3.47. The summed E-state index contributed by atoms with van der Waals surface area (Å²) >= 11 is 0. The van der Waals surface area contributed by atoms with Gasteiger partial charge in [0.25, 0.3) is 0 Å². The van der Waals surface area contributed by atoms with Crippen molar-refractivity contribution in [1.82, 2.24) is 4.98 Å². The minimum atomic E-state index is 0.246. The molecule has 0 saturated carbocycles. The van der Waals surface area contributed by atoms with Crippen molar-refractivity contribution in [2.45, 2.75) is 25.7 Å². The SMILES string of the molecule is O=C1C=C(c2cncc3ccccc23)CCCC1. The van der Waals surface area contributed by atoms with Gasteiger partial charge in [0.2, 0.25) is 0 Å². The molecule has 18 heavy (non-hydrogen) atoms. The van der Waals surface area contributed by atoms with E-state index >= 15 is 0 Å². The first-order valence-electron chi connectivity index (χ1n) is 6.41. The molecule has 0 unspecified atom stereocenters. The first kappa shape index (κ1) is 11.1. The molecule has 0 bridgehead atoms. The molecule has 0 fully saturated rings. The van der Waals surface area contributed by atoms with E-state index in [0.717, 1.165) is 35.8 Å². The average molecular weight is 237 g/mol. The number of carbonyl (C=O) groups is 1. The molecule has 0 amide bonds. The molecule has 0 aliphatic heterocycles. The van der Waals surface area contributed by atoms with E-state index in [1.807, 2.05) is 30.6 Å². The molecular weight excluding hydrogens is 222 g/mol. The Morgan fingerprint density at radius 3 is 2.78 bits per heavy atom. The Morgan fingerprint density at radius 2 is 1.83 bits per heavy atom. The number of hydrogen-bond donors (Lipinski definition) is 0. The van der Waals surface area contributed by atoms with Crippen LogP contribution >= 0.6 is 0 Å². The van der Waals surface area contributed by atoms with Gasteiger partial charge in [0, 0.05) is 29.8 Å². The highest BCUT2D eigenvalue weighted by Crippen LogP contribution is 2.29. The fourth-order valence-electron chi connectivity index (χ4n) is 2.54. The number of rotatable bonds is 1. The third kappa shape index (κ3) is 2.06. The molecule has 1 heterocycles. The highest BCUT2D eigenvalue weighted by atomic mass is 16.1. The average Bonchev–Trinajstić information content (AvgIpc) is 2.63. The summed E-state index contributed by atoms with van der Waals surface area (Å²) in [6, 6.07) is 8.21. The topological polar surface area (TPSA) is 30.0 Å². The summed E-state index contributed by atoms with van der Waals surface area (Å²) in [4.78, 5) is 16.0. The first-order valence-corrected chi connectivity index (χ1v) is 6.41. The Kier molecular flexibility index (Phi) is 2.93. The van der Waals surface area contributed by atoms with Gasteiger partial charge in [-0.05, 0) is 36.3 Å². The van der Waals surface area contributed by atoms with Gasteiger partial charge in [-0.1, -0.05) is 24.3 Å². The zero-order chi connectivity index (χ0) is 12.4. The Bertz CT molecular complexity index is 623. The van der Waals surface area contributed by atoms with Gasteiger partial charge < -0.3 is 0 Å². The number of nitrogens with zero attached hydrogens (tertiary/aromatic N) is 1. The molecule has 0 spiro atoms. The Labute approximate surface area is 106 Å². The molecule has 2 heteroatoms. The molecule has 3 rings (SSSR count). The van der Waals surface area contributed by atoms with Crippen molar-refractivity contribution in [3.63, 3.8) is 0 Å². The Hall–Kier alpha value is -1.96. The summed E-state index contributed by atoms with van der Waals surface area (Å²) in [5, 5.41) is 2.32. The monoisotopic (exact) mass is 237 g/mol. The number of aromatic nitrogens is 1. The van der Waals surface area contributed by atoms with Crippen LogP contribution in [-0.2, 0) is 4.79 Å². The molecule has 0 N–H and O–H groups in total.